The Labute approximate surface area is 132 Å². The zero-order chi connectivity index (χ0) is 15.8. The van der Waals surface area contributed by atoms with Crippen LogP contribution in [0.25, 0.3) is 0 Å². The second kappa shape index (κ2) is 8.68. The molecule has 0 radical (unpaired) electrons. The van der Waals surface area contributed by atoms with Gasteiger partial charge in [0, 0.05) is 39.0 Å². The monoisotopic (exact) mass is 306 g/mol. The Morgan fingerprint density at radius 2 is 2.00 bits per heavy atom. The third-order valence-electron chi connectivity index (χ3n) is 3.77. The fraction of sp³-hybridized carbons (Fsp3) is 0.688. The van der Waals surface area contributed by atoms with Gasteiger partial charge in [0.15, 0.2) is 0 Å². The third kappa shape index (κ3) is 4.94. The van der Waals surface area contributed by atoms with Crippen molar-refractivity contribution in [1.29, 1.82) is 0 Å². The summed E-state index contributed by atoms with van der Waals surface area (Å²) in [5.41, 5.74) is 1.30. The summed E-state index contributed by atoms with van der Waals surface area (Å²) in [5, 5.41) is 3.16. The quantitative estimate of drug-likeness (QED) is 0.817. The van der Waals surface area contributed by atoms with E-state index in [4.69, 9.17) is 4.74 Å². The van der Waals surface area contributed by atoms with Crippen LogP contribution in [0.3, 0.4) is 0 Å². The number of aromatic nitrogens is 2. The van der Waals surface area contributed by atoms with Crippen molar-refractivity contribution >= 4 is 11.9 Å². The maximum atomic E-state index is 12.6. The van der Waals surface area contributed by atoms with Crippen molar-refractivity contribution in [3.63, 3.8) is 0 Å². The molecule has 6 heteroatoms. The standard InChI is InChI=1S/C16H26N4O2/c1-13-12-14(15(21)20-9-5-3-4-6-10-20)19-16(18-13)17-8-7-11-22-2/h12H,3-11H2,1-2H3,(H,17,18,19). The number of nitrogens with zero attached hydrogens (tertiary/aromatic N) is 3. The molecule has 0 bridgehead atoms. The molecule has 0 saturated carbocycles. The molecule has 1 aromatic rings. The van der Waals surface area contributed by atoms with Crippen molar-refractivity contribution in [1.82, 2.24) is 14.9 Å². The molecule has 1 aliphatic rings. The Kier molecular flexibility index (Phi) is 6.58. The van der Waals surface area contributed by atoms with Crippen LogP contribution in [0.2, 0.25) is 0 Å². The van der Waals surface area contributed by atoms with Crippen LogP contribution < -0.4 is 5.32 Å². The highest BCUT2D eigenvalue weighted by atomic mass is 16.5. The minimum absolute atomic E-state index is 0.0207. The van der Waals surface area contributed by atoms with Gasteiger partial charge in [0.2, 0.25) is 5.95 Å². The van der Waals surface area contributed by atoms with Gasteiger partial charge in [-0.3, -0.25) is 4.79 Å². The molecule has 1 amide bonds. The molecule has 1 aromatic heterocycles. The van der Waals surface area contributed by atoms with Crippen molar-refractivity contribution in [3.05, 3.63) is 17.5 Å². The van der Waals surface area contributed by atoms with Crippen LogP contribution in [0.4, 0.5) is 5.95 Å². The van der Waals surface area contributed by atoms with Crippen LogP contribution in [-0.2, 0) is 4.74 Å². The lowest BCUT2D eigenvalue weighted by atomic mass is 10.2. The van der Waals surface area contributed by atoms with Crippen molar-refractivity contribution in [3.8, 4) is 0 Å². The number of rotatable bonds is 6. The number of nitrogens with one attached hydrogen (secondary N) is 1. The summed E-state index contributed by atoms with van der Waals surface area (Å²) in [4.78, 5) is 23.3. The highest BCUT2D eigenvalue weighted by Crippen LogP contribution is 2.14. The number of methoxy groups -OCH3 is 1. The minimum Gasteiger partial charge on any atom is -0.385 e. The molecule has 2 rings (SSSR count). The Morgan fingerprint density at radius 3 is 2.68 bits per heavy atom. The number of carbonyl (C=O) groups excluding carboxylic acids is 1. The van der Waals surface area contributed by atoms with E-state index in [1.165, 1.54) is 12.8 Å². The normalized spacial score (nSPS) is 15.5. The number of hydrogen-bond donors (Lipinski definition) is 1. The maximum absolute atomic E-state index is 12.6. The number of anilines is 1. The summed E-state index contributed by atoms with van der Waals surface area (Å²) in [6.07, 6.45) is 5.46. The van der Waals surface area contributed by atoms with E-state index in [1.807, 2.05) is 11.8 Å². The largest absolute Gasteiger partial charge is 0.385 e. The number of ether oxygens (including phenoxy) is 1. The van der Waals surface area contributed by atoms with E-state index in [-0.39, 0.29) is 5.91 Å². The Morgan fingerprint density at radius 1 is 1.27 bits per heavy atom. The lowest BCUT2D eigenvalue weighted by Gasteiger charge is -2.20. The predicted octanol–water partition coefficient (Wildman–Crippen LogP) is 2.25. The van der Waals surface area contributed by atoms with Crippen molar-refractivity contribution < 1.29 is 9.53 Å². The van der Waals surface area contributed by atoms with Crippen LogP contribution in [0.5, 0.6) is 0 Å². The molecule has 0 unspecified atom stereocenters. The summed E-state index contributed by atoms with van der Waals surface area (Å²) in [5.74, 6) is 0.543. The molecule has 6 nitrogen and oxygen atoms in total. The highest BCUT2D eigenvalue weighted by molar-refractivity contribution is 5.92. The predicted molar refractivity (Wildman–Crippen MR) is 86.1 cm³/mol. The molecule has 0 spiro atoms. The van der Waals surface area contributed by atoms with Gasteiger partial charge in [0.05, 0.1) is 0 Å². The SMILES string of the molecule is COCCCNc1nc(C)cc(C(=O)N2CCCCCC2)n1. The number of aryl methyl sites for hydroxylation is 1. The van der Waals surface area contributed by atoms with E-state index in [0.29, 0.717) is 18.2 Å². The molecular weight excluding hydrogens is 280 g/mol. The molecule has 1 aliphatic heterocycles. The number of amides is 1. The van der Waals surface area contributed by atoms with E-state index >= 15 is 0 Å². The zero-order valence-corrected chi connectivity index (χ0v) is 13.6. The topological polar surface area (TPSA) is 67.3 Å². The van der Waals surface area contributed by atoms with Gasteiger partial charge in [-0.25, -0.2) is 9.97 Å². The van der Waals surface area contributed by atoms with Gasteiger partial charge in [0.1, 0.15) is 5.69 Å². The van der Waals surface area contributed by atoms with Crippen molar-refractivity contribution in [2.45, 2.75) is 39.0 Å². The molecule has 1 fully saturated rings. The van der Waals surface area contributed by atoms with Gasteiger partial charge in [0.25, 0.3) is 5.91 Å². The Hall–Kier alpha value is -1.69. The maximum Gasteiger partial charge on any atom is 0.272 e. The second-order valence-corrected chi connectivity index (χ2v) is 5.70. The van der Waals surface area contributed by atoms with Gasteiger partial charge in [-0.2, -0.15) is 0 Å². The molecule has 122 valence electrons. The number of carbonyl (C=O) groups is 1. The first-order chi connectivity index (χ1) is 10.7. The fourth-order valence-corrected chi connectivity index (χ4v) is 2.61. The average molecular weight is 306 g/mol. The van der Waals surface area contributed by atoms with E-state index in [9.17, 15) is 4.79 Å². The van der Waals surface area contributed by atoms with Crippen LogP contribution in [0.1, 0.15) is 48.3 Å². The van der Waals surface area contributed by atoms with Gasteiger partial charge < -0.3 is 15.0 Å². The van der Waals surface area contributed by atoms with Crippen molar-refractivity contribution in [2.24, 2.45) is 0 Å². The molecule has 2 heterocycles. The zero-order valence-electron chi connectivity index (χ0n) is 13.6. The van der Waals surface area contributed by atoms with Crippen LogP contribution in [0, 0.1) is 6.92 Å². The van der Waals surface area contributed by atoms with Crippen LogP contribution in [-0.4, -0.2) is 54.1 Å². The highest BCUT2D eigenvalue weighted by Gasteiger charge is 2.19. The lowest BCUT2D eigenvalue weighted by molar-refractivity contribution is 0.0755. The van der Waals surface area contributed by atoms with Gasteiger partial charge in [-0.05, 0) is 32.3 Å². The van der Waals surface area contributed by atoms with Gasteiger partial charge in [-0.1, -0.05) is 12.8 Å². The second-order valence-electron chi connectivity index (χ2n) is 5.70. The van der Waals surface area contributed by atoms with Gasteiger partial charge >= 0.3 is 0 Å². The first kappa shape index (κ1) is 16.7. The van der Waals surface area contributed by atoms with Crippen LogP contribution >= 0.6 is 0 Å². The smallest absolute Gasteiger partial charge is 0.272 e. The minimum atomic E-state index is 0.0207. The fourth-order valence-electron chi connectivity index (χ4n) is 2.61. The molecule has 0 aliphatic carbocycles. The third-order valence-corrected chi connectivity index (χ3v) is 3.77. The number of hydrogen-bond acceptors (Lipinski definition) is 5. The van der Waals surface area contributed by atoms with E-state index in [0.717, 1.165) is 44.6 Å². The summed E-state index contributed by atoms with van der Waals surface area (Å²) in [7, 11) is 1.68. The first-order valence-corrected chi connectivity index (χ1v) is 8.08. The summed E-state index contributed by atoms with van der Waals surface area (Å²) in [6, 6.07) is 1.77. The van der Waals surface area contributed by atoms with E-state index in [1.54, 1.807) is 13.2 Å². The van der Waals surface area contributed by atoms with Gasteiger partial charge in [-0.15, -0.1) is 0 Å². The Bertz CT molecular complexity index is 485. The van der Waals surface area contributed by atoms with Crippen molar-refractivity contribution in [2.75, 3.05) is 38.7 Å². The molecule has 0 atom stereocenters. The lowest BCUT2D eigenvalue weighted by Crippen LogP contribution is -2.32. The summed E-state index contributed by atoms with van der Waals surface area (Å²) < 4.78 is 5.02. The summed E-state index contributed by atoms with van der Waals surface area (Å²) in [6.45, 7) is 4.98. The number of likely N-dealkylation sites (tertiary alicyclic amines) is 1. The Balaban J connectivity index is 2.02. The molecule has 1 saturated heterocycles. The first-order valence-electron chi connectivity index (χ1n) is 8.08. The van der Waals surface area contributed by atoms with E-state index in [2.05, 4.69) is 15.3 Å². The molecular formula is C16H26N4O2. The molecule has 22 heavy (non-hydrogen) atoms. The molecule has 0 aromatic carbocycles. The van der Waals surface area contributed by atoms with Crippen LogP contribution in [0.15, 0.2) is 6.07 Å². The van der Waals surface area contributed by atoms with E-state index < -0.39 is 0 Å². The molecule has 1 N–H and O–H groups in total. The summed E-state index contributed by atoms with van der Waals surface area (Å²) >= 11 is 0. The average Bonchev–Trinajstić information content (AvgIpc) is 2.79.